The van der Waals surface area contributed by atoms with Gasteiger partial charge in [-0.2, -0.15) is 4.99 Å². The van der Waals surface area contributed by atoms with Gasteiger partial charge < -0.3 is 10.1 Å². The van der Waals surface area contributed by atoms with Crippen molar-refractivity contribution in [3.8, 4) is 11.6 Å². The first-order valence-electron chi connectivity index (χ1n) is 13.3. The number of ether oxygens (including phenoxy) is 1. The number of hydrogen-bond acceptors (Lipinski definition) is 7. The first-order chi connectivity index (χ1) is 20.9. The van der Waals surface area contributed by atoms with Crippen molar-refractivity contribution in [2.45, 2.75) is 33.1 Å². The van der Waals surface area contributed by atoms with Crippen LogP contribution in [-0.4, -0.2) is 49.0 Å². The predicted octanol–water partition coefficient (Wildman–Crippen LogP) is 6.83. The van der Waals surface area contributed by atoms with Crippen LogP contribution >= 0.6 is 11.8 Å². The highest BCUT2D eigenvalue weighted by atomic mass is 32.2. The number of thioether (sulfide) groups is 1. The number of nitrogens with one attached hydrogen (secondary N) is 1. The zero-order valence-corrected chi connectivity index (χ0v) is 24.6. The molecule has 0 bridgehead atoms. The summed E-state index contributed by atoms with van der Waals surface area (Å²) in [6.07, 6.45) is 0.932. The second-order valence-electron chi connectivity index (χ2n) is 9.96. The van der Waals surface area contributed by atoms with Crippen LogP contribution in [0.25, 0.3) is 18.0 Å². The van der Waals surface area contributed by atoms with Crippen molar-refractivity contribution in [2.75, 3.05) is 16.0 Å². The highest BCUT2D eigenvalue weighted by molar-refractivity contribution is 8.15. The molecule has 5 rings (SSSR count). The molecule has 2 aromatic carbocycles. The number of urea groups is 1. The van der Waals surface area contributed by atoms with Gasteiger partial charge in [0.15, 0.2) is 16.8 Å². The number of hydrogen-bond donors (Lipinski definition) is 1. The monoisotopic (exact) mass is 621 g/mol. The number of anilines is 2. The van der Waals surface area contributed by atoms with Crippen LogP contribution in [-0.2, 0) is 4.79 Å². The summed E-state index contributed by atoms with van der Waals surface area (Å²) in [6.45, 7) is 6.05. The van der Waals surface area contributed by atoms with E-state index in [1.807, 2.05) is 39.0 Å². The van der Waals surface area contributed by atoms with Crippen molar-refractivity contribution in [2.24, 2.45) is 4.99 Å². The lowest BCUT2D eigenvalue weighted by molar-refractivity contribution is -0.274. The number of carbonyl (C=O) groups excluding carboxylic acids is 2. The third-order valence-electron chi connectivity index (χ3n) is 6.30. The zero-order chi connectivity index (χ0) is 31.4. The van der Waals surface area contributed by atoms with E-state index in [9.17, 15) is 22.8 Å². The normalized spacial score (nSPS) is 14.7. The van der Waals surface area contributed by atoms with Gasteiger partial charge in [-0.3, -0.25) is 9.69 Å². The third kappa shape index (κ3) is 7.50. The molecule has 14 heteroatoms. The molecule has 2 aromatic heterocycles. The average Bonchev–Trinajstić information content (AvgIpc) is 3.58. The lowest BCUT2D eigenvalue weighted by Gasteiger charge is -2.22. The molecule has 0 aliphatic carbocycles. The molecule has 10 nitrogen and oxygen atoms in total. The molecule has 1 aliphatic heterocycles. The Balaban J connectivity index is 1.22. The largest absolute Gasteiger partial charge is 0.573 e. The van der Waals surface area contributed by atoms with Crippen LogP contribution in [0, 0.1) is 6.92 Å². The van der Waals surface area contributed by atoms with Crippen LogP contribution in [0.3, 0.4) is 0 Å². The SMILES string of the molecule is Cc1ccc(C(C)C)c(N2C(=O)CS/C2=N\C(=O)Nc2ccc(/C=C/c3ncn(-c4ccc(OC(F)(F)F)cn4)n3)cc2)c1. The van der Waals surface area contributed by atoms with Gasteiger partial charge in [-0.1, -0.05) is 56.0 Å². The summed E-state index contributed by atoms with van der Waals surface area (Å²) in [5.74, 6) is 0.416. The summed E-state index contributed by atoms with van der Waals surface area (Å²) in [5, 5.41) is 7.31. The van der Waals surface area contributed by atoms with Crippen LogP contribution in [0.4, 0.5) is 29.3 Å². The summed E-state index contributed by atoms with van der Waals surface area (Å²) in [5.41, 5.74) is 4.04. The van der Waals surface area contributed by atoms with Crippen LogP contribution in [0.2, 0.25) is 0 Å². The van der Waals surface area contributed by atoms with E-state index in [0.29, 0.717) is 16.7 Å². The first-order valence-corrected chi connectivity index (χ1v) is 14.3. The van der Waals surface area contributed by atoms with Gasteiger partial charge in [0.25, 0.3) is 0 Å². The minimum absolute atomic E-state index is 0.130. The molecule has 0 radical (unpaired) electrons. The van der Waals surface area contributed by atoms with Crippen LogP contribution in [0.5, 0.6) is 5.75 Å². The van der Waals surface area contributed by atoms with Gasteiger partial charge >= 0.3 is 12.4 Å². The van der Waals surface area contributed by atoms with Gasteiger partial charge in [0.05, 0.1) is 17.6 Å². The Hall–Kier alpha value is -4.98. The molecule has 1 aliphatic rings. The average molecular weight is 622 g/mol. The van der Waals surface area contributed by atoms with Crippen molar-refractivity contribution >= 4 is 52.4 Å². The van der Waals surface area contributed by atoms with E-state index in [0.717, 1.165) is 34.6 Å². The maximum Gasteiger partial charge on any atom is 0.573 e. The topological polar surface area (TPSA) is 115 Å². The minimum atomic E-state index is -4.80. The zero-order valence-electron chi connectivity index (χ0n) is 23.7. The number of aromatic nitrogens is 4. The van der Waals surface area contributed by atoms with Crippen LogP contribution in [0.1, 0.15) is 42.3 Å². The van der Waals surface area contributed by atoms with Gasteiger partial charge in [0.2, 0.25) is 5.91 Å². The molecule has 1 fully saturated rings. The molecule has 1 N–H and O–H groups in total. The molecule has 3 heterocycles. The maximum atomic E-state index is 12.8. The number of carbonyl (C=O) groups is 2. The predicted molar refractivity (Wildman–Crippen MR) is 163 cm³/mol. The molecular weight excluding hydrogens is 595 g/mol. The smallest absolute Gasteiger partial charge is 0.404 e. The summed E-state index contributed by atoms with van der Waals surface area (Å²) < 4.78 is 42.2. The van der Waals surface area contributed by atoms with E-state index < -0.39 is 18.1 Å². The number of nitrogens with zero attached hydrogens (tertiary/aromatic N) is 6. The summed E-state index contributed by atoms with van der Waals surface area (Å²) in [6, 6.07) is 14.8. The molecule has 0 saturated carbocycles. The molecular formula is C30H26F3N7O3S. The Kier molecular flexibility index (Phi) is 8.81. The Morgan fingerprint density at radius 3 is 2.55 bits per heavy atom. The molecule has 0 unspecified atom stereocenters. The number of pyridine rings is 1. The highest BCUT2D eigenvalue weighted by Crippen LogP contribution is 2.34. The molecule has 0 spiro atoms. The number of alkyl halides is 3. The molecule has 4 aromatic rings. The van der Waals surface area contributed by atoms with E-state index in [-0.39, 0.29) is 23.4 Å². The summed E-state index contributed by atoms with van der Waals surface area (Å²) >= 11 is 1.22. The van der Waals surface area contributed by atoms with Crippen molar-refractivity contribution in [1.82, 2.24) is 19.7 Å². The Bertz CT molecular complexity index is 1730. The summed E-state index contributed by atoms with van der Waals surface area (Å²) in [7, 11) is 0. The second-order valence-corrected chi connectivity index (χ2v) is 10.9. The van der Waals surface area contributed by atoms with Gasteiger partial charge in [-0.15, -0.1) is 18.3 Å². The van der Waals surface area contributed by atoms with Crippen LogP contribution in [0.15, 0.2) is 72.1 Å². The number of halogens is 3. The maximum absolute atomic E-state index is 12.8. The van der Waals surface area contributed by atoms with Gasteiger partial charge in [-0.25, -0.2) is 19.4 Å². The third-order valence-corrected chi connectivity index (χ3v) is 7.22. The molecule has 0 atom stereocenters. The van der Waals surface area contributed by atoms with Gasteiger partial charge in [-0.05, 0) is 65.9 Å². The fourth-order valence-corrected chi connectivity index (χ4v) is 5.13. The van der Waals surface area contributed by atoms with E-state index in [1.165, 1.54) is 33.7 Å². The summed E-state index contributed by atoms with van der Waals surface area (Å²) in [4.78, 5) is 39.3. The van der Waals surface area contributed by atoms with E-state index in [4.69, 9.17) is 0 Å². The molecule has 226 valence electrons. The second kappa shape index (κ2) is 12.7. The number of amides is 3. The van der Waals surface area contributed by atoms with E-state index in [2.05, 4.69) is 30.1 Å². The lowest BCUT2D eigenvalue weighted by Crippen LogP contribution is -2.31. The Morgan fingerprint density at radius 2 is 1.86 bits per heavy atom. The van der Waals surface area contributed by atoms with Gasteiger partial charge in [0.1, 0.15) is 12.1 Å². The quantitative estimate of drug-likeness (QED) is 0.241. The fourth-order valence-electron chi connectivity index (χ4n) is 4.27. The van der Waals surface area contributed by atoms with E-state index in [1.54, 1.807) is 36.4 Å². The lowest BCUT2D eigenvalue weighted by atomic mass is 9.99. The molecule has 44 heavy (non-hydrogen) atoms. The number of amidine groups is 1. The Labute approximate surface area is 254 Å². The van der Waals surface area contributed by atoms with Crippen molar-refractivity contribution in [1.29, 1.82) is 0 Å². The minimum Gasteiger partial charge on any atom is -0.404 e. The molecule has 3 amide bonds. The van der Waals surface area contributed by atoms with Crippen molar-refractivity contribution in [3.05, 3.63) is 89.6 Å². The number of aryl methyl sites for hydroxylation is 1. The van der Waals surface area contributed by atoms with Crippen molar-refractivity contribution in [3.63, 3.8) is 0 Å². The number of benzene rings is 2. The standard InChI is InChI=1S/C30H26F3N7O3S/c1-18(2)23-11-4-19(3)14-24(23)40-27(41)16-44-29(40)37-28(42)36-21-8-5-20(6-9-21)7-12-25-35-17-39(38-25)26-13-10-22(15-34-26)43-30(31,32)33/h4-15,17-18H,16H2,1-3H3,(H,36,42)/b12-7+,37-29-. The van der Waals surface area contributed by atoms with Gasteiger partial charge in [0, 0.05) is 5.69 Å². The van der Waals surface area contributed by atoms with E-state index >= 15 is 0 Å². The fraction of sp³-hybridized carbons (Fsp3) is 0.200. The van der Waals surface area contributed by atoms with Crippen molar-refractivity contribution < 1.29 is 27.5 Å². The highest BCUT2D eigenvalue weighted by Gasteiger charge is 2.33. The van der Waals surface area contributed by atoms with Crippen LogP contribution < -0.4 is 15.0 Å². The number of rotatable bonds is 7. The molecule has 1 saturated heterocycles. The first kappa shape index (κ1) is 30.5. The Morgan fingerprint density at radius 1 is 1.09 bits per heavy atom. The number of aliphatic imine (C=N–C) groups is 1.